The SMILES string of the molecule is CC(C)(C)OC(=O)NCCCCCNC(=O)c1cc2ccc(O)cc2oc1=O. The molecule has 1 aromatic heterocycles. The highest BCUT2D eigenvalue weighted by molar-refractivity contribution is 5.96. The van der Waals surface area contributed by atoms with Gasteiger partial charge in [0.1, 0.15) is 22.5 Å². The number of carbonyl (C=O) groups excluding carboxylic acids is 2. The molecule has 0 bridgehead atoms. The Morgan fingerprint density at radius 1 is 1.07 bits per heavy atom. The molecular weight excluding hydrogens is 364 g/mol. The minimum absolute atomic E-state index is 0.0194. The molecule has 8 heteroatoms. The zero-order valence-electron chi connectivity index (χ0n) is 16.3. The molecule has 0 spiro atoms. The third-order valence-corrected chi connectivity index (χ3v) is 3.77. The average Bonchev–Trinajstić information content (AvgIpc) is 2.58. The van der Waals surface area contributed by atoms with Crippen LogP contribution in [0.4, 0.5) is 4.79 Å². The van der Waals surface area contributed by atoms with E-state index in [2.05, 4.69) is 10.6 Å². The van der Waals surface area contributed by atoms with Crippen molar-refractivity contribution in [2.75, 3.05) is 13.1 Å². The van der Waals surface area contributed by atoms with Gasteiger partial charge in [-0.25, -0.2) is 9.59 Å². The van der Waals surface area contributed by atoms with Crippen molar-refractivity contribution in [2.24, 2.45) is 0 Å². The van der Waals surface area contributed by atoms with Gasteiger partial charge in [-0.3, -0.25) is 4.79 Å². The molecule has 2 aromatic rings. The van der Waals surface area contributed by atoms with Crippen LogP contribution in [0, 0.1) is 0 Å². The van der Waals surface area contributed by atoms with Crippen LogP contribution in [-0.4, -0.2) is 35.8 Å². The topological polar surface area (TPSA) is 118 Å². The lowest BCUT2D eigenvalue weighted by atomic mass is 10.1. The van der Waals surface area contributed by atoms with Crippen LogP contribution >= 0.6 is 0 Å². The third kappa shape index (κ3) is 6.61. The lowest BCUT2D eigenvalue weighted by molar-refractivity contribution is 0.0527. The van der Waals surface area contributed by atoms with Crippen LogP contribution in [-0.2, 0) is 4.74 Å². The van der Waals surface area contributed by atoms with Crippen LogP contribution in [0.2, 0.25) is 0 Å². The largest absolute Gasteiger partial charge is 0.508 e. The molecule has 0 fully saturated rings. The van der Waals surface area contributed by atoms with E-state index in [0.29, 0.717) is 24.9 Å². The van der Waals surface area contributed by atoms with Crippen LogP contribution in [0.25, 0.3) is 11.0 Å². The maximum atomic E-state index is 12.2. The first-order chi connectivity index (χ1) is 13.2. The molecule has 0 aliphatic rings. The average molecular weight is 390 g/mol. The Labute approximate surface area is 162 Å². The van der Waals surface area contributed by atoms with E-state index in [9.17, 15) is 19.5 Å². The zero-order valence-corrected chi connectivity index (χ0v) is 16.3. The Balaban J connectivity index is 1.72. The van der Waals surface area contributed by atoms with Gasteiger partial charge in [-0.1, -0.05) is 0 Å². The summed E-state index contributed by atoms with van der Waals surface area (Å²) in [5.41, 5.74) is -1.13. The Bertz CT molecular complexity index is 898. The summed E-state index contributed by atoms with van der Waals surface area (Å²) in [6.45, 7) is 6.29. The Kier molecular flexibility index (Phi) is 7.03. The Morgan fingerprint density at radius 2 is 1.75 bits per heavy atom. The van der Waals surface area contributed by atoms with Gasteiger partial charge in [-0.15, -0.1) is 0 Å². The number of carbonyl (C=O) groups is 2. The number of benzene rings is 1. The highest BCUT2D eigenvalue weighted by Gasteiger charge is 2.15. The zero-order chi connectivity index (χ0) is 20.7. The fourth-order valence-corrected chi connectivity index (χ4v) is 2.49. The molecular formula is C20H26N2O6. The number of nitrogens with one attached hydrogen (secondary N) is 2. The van der Waals surface area contributed by atoms with Gasteiger partial charge in [0.2, 0.25) is 0 Å². The maximum absolute atomic E-state index is 12.2. The van der Waals surface area contributed by atoms with Gasteiger partial charge in [0.25, 0.3) is 5.91 Å². The number of alkyl carbamates (subject to hydrolysis) is 1. The molecule has 0 saturated carbocycles. The molecule has 8 nitrogen and oxygen atoms in total. The second-order valence-corrected chi connectivity index (χ2v) is 7.41. The predicted octanol–water partition coefficient (Wildman–Crippen LogP) is 2.92. The number of aromatic hydroxyl groups is 1. The summed E-state index contributed by atoms with van der Waals surface area (Å²) in [7, 11) is 0. The second-order valence-electron chi connectivity index (χ2n) is 7.41. The van der Waals surface area contributed by atoms with E-state index >= 15 is 0 Å². The lowest BCUT2D eigenvalue weighted by Crippen LogP contribution is -2.33. The van der Waals surface area contributed by atoms with Crippen LogP contribution in [0.15, 0.2) is 33.5 Å². The van der Waals surface area contributed by atoms with Crippen LogP contribution < -0.4 is 16.3 Å². The number of phenolic OH excluding ortho intramolecular Hbond substituents is 1. The summed E-state index contributed by atoms with van der Waals surface area (Å²) in [4.78, 5) is 35.6. The van der Waals surface area contributed by atoms with Crippen molar-refractivity contribution in [2.45, 2.75) is 45.6 Å². The van der Waals surface area contributed by atoms with E-state index in [4.69, 9.17) is 9.15 Å². The Morgan fingerprint density at radius 3 is 2.43 bits per heavy atom. The molecule has 0 aliphatic carbocycles. The highest BCUT2D eigenvalue weighted by Crippen LogP contribution is 2.19. The molecule has 0 radical (unpaired) electrons. The molecule has 1 heterocycles. The summed E-state index contributed by atoms with van der Waals surface area (Å²) >= 11 is 0. The number of fused-ring (bicyclic) bond motifs is 1. The van der Waals surface area contributed by atoms with Crippen molar-refractivity contribution in [1.29, 1.82) is 0 Å². The number of phenols is 1. The normalized spacial score (nSPS) is 11.2. The standard InChI is InChI=1S/C20H26N2O6/c1-20(2,3)28-19(26)22-10-6-4-5-9-21-17(24)15-11-13-7-8-14(23)12-16(13)27-18(15)25/h7-8,11-12,23H,4-6,9-10H2,1-3H3,(H,21,24)(H,22,26). The van der Waals surface area contributed by atoms with Gasteiger partial charge in [0.15, 0.2) is 0 Å². The number of unbranched alkanes of at least 4 members (excludes halogenated alkanes) is 2. The number of hydrogen-bond donors (Lipinski definition) is 3. The summed E-state index contributed by atoms with van der Waals surface area (Å²) < 4.78 is 10.2. The third-order valence-electron chi connectivity index (χ3n) is 3.77. The fraction of sp³-hybridized carbons (Fsp3) is 0.450. The van der Waals surface area contributed by atoms with Crippen molar-refractivity contribution < 1.29 is 23.8 Å². The van der Waals surface area contributed by atoms with Gasteiger partial charge in [0.05, 0.1) is 0 Å². The van der Waals surface area contributed by atoms with Gasteiger partial charge >= 0.3 is 11.7 Å². The van der Waals surface area contributed by atoms with Crippen molar-refractivity contribution >= 4 is 23.0 Å². The molecule has 0 unspecified atom stereocenters. The van der Waals surface area contributed by atoms with Gasteiger partial charge in [0, 0.05) is 24.5 Å². The van der Waals surface area contributed by atoms with E-state index < -0.39 is 23.2 Å². The quantitative estimate of drug-likeness (QED) is 0.494. The van der Waals surface area contributed by atoms with E-state index in [0.717, 1.165) is 12.8 Å². The molecule has 0 aliphatic heterocycles. The summed E-state index contributed by atoms with van der Waals surface area (Å²) in [5, 5.41) is 15.3. The van der Waals surface area contributed by atoms with E-state index in [1.54, 1.807) is 26.8 Å². The fourth-order valence-electron chi connectivity index (χ4n) is 2.49. The molecule has 28 heavy (non-hydrogen) atoms. The van der Waals surface area contributed by atoms with Crippen LogP contribution in [0.5, 0.6) is 5.75 Å². The second kappa shape index (κ2) is 9.25. The first kappa shape index (κ1) is 21.3. The van der Waals surface area contributed by atoms with Crippen molar-refractivity contribution in [3.05, 3.63) is 40.2 Å². The molecule has 0 atom stereocenters. The van der Waals surface area contributed by atoms with Crippen molar-refractivity contribution in [1.82, 2.24) is 10.6 Å². The minimum Gasteiger partial charge on any atom is -0.508 e. The molecule has 3 N–H and O–H groups in total. The molecule has 2 amide bonds. The predicted molar refractivity (Wildman–Crippen MR) is 105 cm³/mol. The van der Waals surface area contributed by atoms with Gasteiger partial charge in [-0.05, 0) is 58.2 Å². The summed E-state index contributed by atoms with van der Waals surface area (Å²) in [6.07, 6.45) is 1.80. The Hall–Kier alpha value is -3.03. The summed E-state index contributed by atoms with van der Waals surface area (Å²) in [6, 6.07) is 5.79. The molecule has 0 saturated heterocycles. The first-order valence-corrected chi connectivity index (χ1v) is 9.17. The lowest BCUT2D eigenvalue weighted by Gasteiger charge is -2.19. The maximum Gasteiger partial charge on any atom is 0.407 e. The van der Waals surface area contributed by atoms with E-state index in [1.165, 1.54) is 18.2 Å². The number of hydrogen-bond acceptors (Lipinski definition) is 6. The van der Waals surface area contributed by atoms with Gasteiger partial charge < -0.3 is 24.9 Å². The van der Waals surface area contributed by atoms with Crippen molar-refractivity contribution in [3.63, 3.8) is 0 Å². The summed E-state index contributed by atoms with van der Waals surface area (Å²) in [5.74, 6) is -0.524. The molecule has 152 valence electrons. The van der Waals surface area contributed by atoms with Gasteiger partial charge in [-0.2, -0.15) is 0 Å². The monoisotopic (exact) mass is 390 g/mol. The van der Waals surface area contributed by atoms with Crippen molar-refractivity contribution in [3.8, 4) is 5.75 Å². The number of rotatable bonds is 7. The minimum atomic E-state index is -0.753. The molecule has 2 rings (SSSR count). The number of amides is 2. The number of ether oxygens (including phenoxy) is 1. The van der Waals surface area contributed by atoms with Crippen LogP contribution in [0.3, 0.4) is 0 Å². The molecule has 1 aromatic carbocycles. The smallest absolute Gasteiger partial charge is 0.407 e. The van der Waals surface area contributed by atoms with Crippen LogP contribution in [0.1, 0.15) is 50.4 Å². The first-order valence-electron chi connectivity index (χ1n) is 9.17. The van der Waals surface area contributed by atoms with E-state index in [1.807, 2.05) is 0 Å². The highest BCUT2D eigenvalue weighted by atomic mass is 16.6. The van der Waals surface area contributed by atoms with E-state index in [-0.39, 0.29) is 16.9 Å².